The number of anilines is 4. The van der Waals surface area contributed by atoms with Gasteiger partial charge in [0.25, 0.3) is 0 Å². The number of halogens is 7. The van der Waals surface area contributed by atoms with Crippen molar-refractivity contribution in [3.63, 3.8) is 0 Å². The van der Waals surface area contributed by atoms with Gasteiger partial charge in [0.2, 0.25) is 5.95 Å². The van der Waals surface area contributed by atoms with Crippen LogP contribution in [-0.2, 0) is 0 Å². The van der Waals surface area contributed by atoms with Crippen LogP contribution in [0.4, 0.5) is 45.1 Å². The lowest BCUT2D eigenvalue weighted by atomic mass is 10.1. The number of allylic oxidation sites excluding steroid dienone is 3. The highest BCUT2D eigenvalue weighted by Crippen LogP contribution is 2.33. The van der Waals surface area contributed by atoms with Crippen LogP contribution in [0.5, 0.6) is 0 Å². The molecule has 0 atom stereocenters. The van der Waals surface area contributed by atoms with Gasteiger partial charge in [0.1, 0.15) is 22.6 Å². The minimum absolute atomic E-state index is 0.0751. The van der Waals surface area contributed by atoms with Crippen LogP contribution in [-0.4, -0.2) is 28.4 Å². The molecule has 0 saturated carbocycles. The van der Waals surface area contributed by atoms with Crippen LogP contribution in [0.2, 0.25) is 5.02 Å². The van der Waals surface area contributed by atoms with E-state index < -0.39 is 23.4 Å². The molecular weight excluding hydrogens is 600 g/mol. The maximum atomic E-state index is 14.7. The van der Waals surface area contributed by atoms with Gasteiger partial charge in [-0.1, -0.05) is 49.0 Å². The number of hydrogen-bond donors (Lipinski definition) is 5. The van der Waals surface area contributed by atoms with Crippen molar-refractivity contribution in [2.75, 3.05) is 23.0 Å². The lowest BCUT2D eigenvalue weighted by Gasteiger charge is -2.16. The fourth-order valence-electron chi connectivity index (χ4n) is 2.89. The van der Waals surface area contributed by atoms with Crippen molar-refractivity contribution in [3.05, 3.63) is 108 Å². The van der Waals surface area contributed by atoms with E-state index in [1.807, 2.05) is 0 Å². The molecule has 5 N–H and O–H groups in total. The van der Waals surface area contributed by atoms with Gasteiger partial charge in [-0.25, -0.2) is 13.8 Å². The Morgan fingerprint density at radius 1 is 1.05 bits per heavy atom. The van der Waals surface area contributed by atoms with Gasteiger partial charge >= 0.3 is 6.18 Å². The Morgan fingerprint density at radius 3 is 2.24 bits per heavy atom. The molecule has 42 heavy (non-hydrogen) atoms. The highest BCUT2D eigenvalue weighted by Gasteiger charge is 2.27. The highest BCUT2D eigenvalue weighted by atomic mass is 35.5. The number of benzene rings is 2. The summed E-state index contributed by atoms with van der Waals surface area (Å²) in [5.41, 5.74) is 1.56. The minimum Gasteiger partial charge on any atom is -0.392 e. The Labute approximate surface area is 249 Å². The van der Waals surface area contributed by atoms with E-state index in [1.54, 1.807) is 13.1 Å². The van der Waals surface area contributed by atoms with E-state index in [0.29, 0.717) is 22.5 Å². The second-order valence-corrected chi connectivity index (χ2v) is 9.11. The summed E-state index contributed by atoms with van der Waals surface area (Å²) in [4.78, 5) is 8.69. The molecule has 7 nitrogen and oxygen atoms in total. The zero-order valence-electron chi connectivity index (χ0n) is 22.4. The molecule has 0 amide bonds. The molecule has 0 aliphatic carbocycles. The van der Waals surface area contributed by atoms with Gasteiger partial charge in [-0.3, -0.25) is 5.41 Å². The summed E-state index contributed by atoms with van der Waals surface area (Å²) < 4.78 is 61.7. The molecule has 14 heteroatoms. The molecule has 3 aromatic rings. The summed E-state index contributed by atoms with van der Waals surface area (Å²) in [6.07, 6.45) is 0.246. The van der Waals surface area contributed by atoms with E-state index in [-0.39, 0.29) is 33.3 Å². The molecule has 0 spiro atoms. The number of hydrogen-bond acceptors (Lipinski definition) is 7. The van der Waals surface area contributed by atoms with Crippen LogP contribution in [0.25, 0.3) is 11.1 Å². The van der Waals surface area contributed by atoms with Crippen molar-refractivity contribution >= 4 is 51.5 Å². The largest absolute Gasteiger partial charge is 0.411 e. The summed E-state index contributed by atoms with van der Waals surface area (Å²) in [6.45, 7) is 11.1. The topological polar surface area (TPSA) is 97.8 Å². The van der Waals surface area contributed by atoms with Crippen LogP contribution in [0.1, 0.15) is 6.92 Å². The third-order valence-electron chi connectivity index (χ3n) is 5.05. The first-order valence-corrected chi connectivity index (χ1v) is 12.5. The van der Waals surface area contributed by atoms with Crippen molar-refractivity contribution in [1.82, 2.24) is 15.3 Å². The first-order chi connectivity index (χ1) is 19.7. The normalized spacial score (nSPS) is 11.0. The Morgan fingerprint density at radius 2 is 1.69 bits per heavy atom. The number of alkyl halides is 3. The van der Waals surface area contributed by atoms with E-state index in [9.17, 15) is 22.0 Å². The SMILES string of the molecule is C=C(C)C(F)(F)F.C=CC(=C)Nc1ccc(F)c(Nc2nc(N/C(=C/NC)C(=N)Cl)ncc2-c2ccc(F)c(Cl)c2)c1. The van der Waals surface area contributed by atoms with E-state index in [0.717, 1.165) is 6.92 Å². The van der Waals surface area contributed by atoms with Crippen LogP contribution < -0.4 is 21.3 Å². The highest BCUT2D eigenvalue weighted by molar-refractivity contribution is 6.68. The molecule has 1 heterocycles. The molecule has 1 aromatic heterocycles. The van der Waals surface area contributed by atoms with Gasteiger partial charge in [-0.15, -0.1) is 0 Å². The third kappa shape index (κ3) is 9.89. The molecule has 222 valence electrons. The smallest absolute Gasteiger partial charge is 0.392 e. The predicted octanol–water partition coefficient (Wildman–Crippen LogP) is 8.74. The van der Waals surface area contributed by atoms with Gasteiger partial charge in [0, 0.05) is 42.0 Å². The average Bonchev–Trinajstić information content (AvgIpc) is 2.91. The zero-order chi connectivity index (χ0) is 31.6. The molecule has 3 rings (SSSR count). The maximum absolute atomic E-state index is 14.7. The number of nitrogens with zero attached hydrogens (tertiary/aromatic N) is 2. The van der Waals surface area contributed by atoms with E-state index in [1.165, 1.54) is 48.8 Å². The van der Waals surface area contributed by atoms with Gasteiger partial charge in [-0.05, 0) is 48.9 Å². The van der Waals surface area contributed by atoms with Crippen molar-refractivity contribution in [3.8, 4) is 11.1 Å². The molecule has 0 saturated heterocycles. The standard InChI is InChI=1S/C24H21Cl2F2N7.C4H5F3/c1-4-13(2)32-15-6-8-19(28)20(10-15)33-23-16(14-5-7-18(27)17(25)9-14)11-31-24(35-23)34-21(12-30-3)22(26)29;1-3(2)4(5,6)7/h4-12,29-30,32H,1-2H2,3H3,(H2,31,33,34,35);1H2,2H3/b21-12+,29-22?;. The summed E-state index contributed by atoms with van der Waals surface area (Å²) in [5, 5.41) is 18.9. The lowest BCUT2D eigenvalue weighted by Crippen LogP contribution is -2.13. The van der Waals surface area contributed by atoms with Gasteiger partial charge in [0.05, 0.1) is 16.4 Å². The predicted molar refractivity (Wildman–Crippen MR) is 160 cm³/mol. The fraction of sp³-hybridized carbons (Fsp3) is 0.107. The maximum Gasteiger partial charge on any atom is 0.411 e. The molecule has 0 aliphatic rings. The summed E-state index contributed by atoms with van der Waals surface area (Å²) >= 11 is 11.8. The van der Waals surface area contributed by atoms with Crippen molar-refractivity contribution in [1.29, 1.82) is 5.41 Å². The monoisotopic (exact) mass is 625 g/mol. The molecule has 0 bridgehead atoms. The van der Waals surface area contributed by atoms with Gasteiger partial charge in [0.15, 0.2) is 0 Å². The minimum atomic E-state index is -4.19. The molecular formula is C28H26Cl2F5N7. The number of nitrogens with one attached hydrogen (secondary N) is 5. The number of aromatic nitrogens is 2. The quantitative estimate of drug-likeness (QED) is 0.0669. The Balaban J connectivity index is 0.000000782. The number of rotatable bonds is 10. The van der Waals surface area contributed by atoms with Crippen LogP contribution >= 0.6 is 23.2 Å². The van der Waals surface area contributed by atoms with Crippen molar-refractivity contribution in [2.24, 2.45) is 0 Å². The molecule has 0 fully saturated rings. The lowest BCUT2D eigenvalue weighted by molar-refractivity contribution is -0.0909. The third-order valence-corrected chi connectivity index (χ3v) is 5.54. The van der Waals surface area contributed by atoms with Crippen LogP contribution in [0.15, 0.2) is 91.6 Å². The summed E-state index contributed by atoms with van der Waals surface area (Å²) in [5.74, 6) is -0.868. The zero-order valence-corrected chi connectivity index (χ0v) is 23.9. The second kappa shape index (κ2) is 15.0. The first-order valence-electron chi connectivity index (χ1n) is 11.7. The van der Waals surface area contributed by atoms with Crippen molar-refractivity contribution in [2.45, 2.75) is 13.1 Å². The fourth-order valence-corrected chi connectivity index (χ4v) is 3.18. The first kappa shape index (κ1) is 33.8. The van der Waals surface area contributed by atoms with Gasteiger partial charge < -0.3 is 21.3 Å². The van der Waals surface area contributed by atoms with Crippen molar-refractivity contribution < 1.29 is 22.0 Å². The van der Waals surface area contributed by atoms with Crippen LogP contribution in [0.3, 0.4) is 0 Å². The molecule has 0 unspecified atom stereocenters. The second-order valence-electron chi connectivity index (χ2n) is 8.32. The molecule has 0 radical (unpaired) electrons. The Hall–Kier alpha value is -4.42. The Bertz CT molecular complexity index is 1520. The van der Waals surface area contributed by atoms with Gasteiger partial charge in [-0.2, -0.15) is 18.2 Å². The summed E-state index contributed by atoms with van der Waals surface area (Å²) in [6, 6.07) is 8.48. The van der Waals surface area contributed by atoms with E-state index in [4.69, 9.17) is 28.6 Å². The molecule has 2 aromatic carbocycles. The summed E-state index contributed by atoms with van der Waals surface area (Å²) in [7, 11) is 1.64. The van der Waals surface area contributed by atoms with Crippen LogP contribution in [0, 0.1) is 17.0 Å². The molecule has 0 aliphatic heterocycles. The average molecular weight is 626 g/mol. The van der Waals surface area contributed by atoms with E-state index in [2.05, 4.69) is 51.0 Å². The van der Waals surface area contributed by atoms with E-state index >= 15 is 0 Å². The Kier molecular flexibility index (Phi) is 12.1.